The van der Waals surface area contributed by atoms with E-state index in [4.69, 9.17) is 10.2 Å². The number of amides is 1. The van der Waals surface area contributed by atoms with Gasteiger partial charge in [0.2, 0.25) is 0 Å². The minimum absolute atomic E-state index is 0.00241. The van der Waals surface area contributed by atoms with Crippen LogP contribution in [-0.2, 0) is 4.79 Å². The number of benzene rings is 2. The molecule has 0 saturated carbocycles. The standard InChI is InChI=1S/C11H11NO2.C9H8O4/c1-7(2)12-9-6-4-3-5-8(9)10(13)11(12)14;1-5-2-6(8(10)11)4-7(3-5)9(12)13/h3-7H,1-2H3;2-4H,1H3,(H,10,11)(H,12,13). The molecule has 7 heteroatoms. The zero-order valence-electron chi connectivity index (χ0n) is 15.1. The summed E-state index contributed by atoms with van der Waals surface area (Å²) in [5, 5.41) is 17.2. The number of rotatable bonds is 3. The maximum atomic E-state index is 11.6. The lowest BCUT2D eigenvalue weighted by atomic mass is 10.1. The van der Waals surface area contributed by atoms with Crippen molar-refractivity contribution in [2.45, 2.75) is 26.8 Å². The lowest BCUT2D eigenvalue weighted by Crippen LogP contribution is -2.35. The molecule has 1 aliphatic heterocycles. The van der Waals surface area contributed by atoms with Crippen LogP contribution >= 0.6 is 0 Å². The third kappa shape index (κ3) is 4.20. The van der Waals surface area contributed by atoms with Crippen molar-refractivity contribution in [2.75, 3.05) is 4.90 Å². The van der Waals surface area contributed by atoms with E-state index < -0.39 is 23.6 Å². The predicted molar refractivity (Wildman–Crippen MR) is 98.5 cm³/mol. The van der Waals surface area contributed by atoms with Crippen molar-refractivity contribution in [1.82, 2.24) is 0 Å². The van der Waals surface area contributed by atoms with Gasteiger partial charge in [0.15, 0.2) is 0 Å². The van der Waals surface area contributed by atoms with Crippen molar-refractivity contribution >= 4 is 29.3 Å². The lowest BCUT2D eigenvalue weighted by Gasteiger charge is -2.20. The zero-order chi connectivity index (χ0) is 20.3. The van der Waals surface area contributed by atoms with E-state index in [1.165, 1.54) is 17.0 Å². The highest BCUT2D eigenvalue weighted by molar-refractivity contribution is 6.52. The minimum Gasteiger partial charge on any atom is -0.478 e. The number of nitrogens with zero attached hydrogens (tertiary/aromatic N) is 1. The number of aromatic carboxylic acids is 2. The van der Waals surface area contributed by atoms with Crippen LogP contribution in [0.2, 0.25) is 0 Å². The second kappa shape index (κ2) is 7.82. The first-order valence-electron chi connectivity index (χ1n) is 8.18. The summed E-state index contributed by atoms with van der Waals surface area (Å²) in [6, 6.07) is 11.1. The van der Waals surface area contributed by atoms with E-state index in [2.05, 4.69) is 0 Å². The van der Waals surface area contributed by atoms with Gasteiger partial charge in [-0.15, -0.1) is 0 Å². The number of carbonyl (C=O) groups excluding carboxylic acids is 2. The van der Waals surface area contributed by atoms with Crippen molar-refractivity contribution in [3.8, 4) is 0 Å². The molecule has 0 atom stereocenters. The molecule has 0 bridgehead atoms. The van der Waals surface area contributed by atoms with Gasteiger partial charge in [0, 0.05) is 6.04 Å². The molecule has 140 valence electrons. The van der Waals surface area contributed by atoms with Crippen LogP contribution in [0.15, 0.2) is 42.5 Å². The highest BCUT2D eigenvalue weighted by Crippen LogP contribution is 2.29. The average Bonchev–Trinajstić information content (AvgIpc) is 2.86. The Labute approximate surface area is 155 Å². The van der Waals surface area contributed by atoms with Crippen molar-refractivity contribution in [2.24, 2.45) is 0 Å². The van der Waals surface area contributed by atoms with Crippen molar-refractivity contribution < 1.29 is 29.4 Å². The number of anilines is 1. The van der Waals surface area contributed by atoms with Crippen molar-refractivity contribution in [1.29, 1.82) is 0 Å². The van der Waals surface area contributed by atoms with E-state index >= 15 is 0 Å². The summed E-state index contributed by atoms with van der Waals surface area (Å²) in [6.45, 7) is 5.44. The van der Waals surface area contributed by atoms with Crippen LogP contribution in [0.25, 0.3) is 0 Å². The third-order valence-corrected chi connectivity index (χ3v) is 3.91. The molecule has 0 radical (unpaired) electrons. The molecule has 1 aliphatic rings. The van der Waals surface area contributed by atoms with Crippen molar-refractivity contribution in [3.63, 3.8) is 0 Å². The molecule has 0 unspecified atom stereocenters. The summed E-state index contributed by atoms with van der Waals surface area (Å²) in [4.78, 5) is 45.7. The Morgan fingerprint density at radius 1 is 0.926 bits per heavy atom. The summed E-state index contributed by atoms with van der Waals surface area (Å²) in [5.74, 6) is -3.05. The Morgan fingerprint density at radius 2 is 1.44 bits per heavy atom. The van der Waals surface area contributed by atoms with Gasteiger partial charge in [-0.2, -0.15) is 0 Å². The molecule has 0 aliphatic carbocycles. The fourth-order valence-corrected chi connectivity index (χ4v) is 2.75. The molecule has 0 fully saturated rings. The van der Waals surface area contributed by atoms with Gasteiger partial charge >= 0.3 is 11.9 Å². The first-order valence-corrected chi connectivity index (χ1v) is 8.18. The van der Waals surface area contributed by atoms with Gasteiger partial charge in [0.1, 0.15) is 0 Å². The molecule has 1 amide bonds. The molecule has 0 aromatic heterocycles. The van der Waals surface area contributed by atoms with E-state index in [9.17, 15) is 19.2 Å². The van der Waals surface area contributed by atoms with Crippen LogP contribution < -0.4 is 4.90 Å². The van der Waals surface area contributed by atoms with E-state index in [1.54, 1.807) is 25.1 Å². The summed E-state index contributed by atoms with van der Waals surface area (Å²) in [6.07, 6.45) is 0. The zero-order valence-corrected chi connectivity index (χ0v) is 15.1. The van der Waals surface area contributed by atoms with Crippen LogP contribution in [0.4, 0.5) is 5.69 Å². The van der Waals surface area contributed by atoms with Gasteiger partial charge in [-0.3, -0.25) is 9.59 Å². The van der Waals surface area contributed by atoms with Gasteiger partial charge in [-0.25, -0.2) is 9.59 Å². The number of para-hydroxylation sites is 1. The van der Waals surface area contributed by atoms with Crippen LogP contribution in [-0.4, -0.2) is 39.9 Å². The average molecular weight is 369 g/mol. The molecule has 1 heterocycles. The fourth-order valence-electron chi connectivity index (χ4n) is 2.75. The van der Waals surface area contributed by atoms with Gasteiger partial charge in [0.05, 0.1) is 22.4 Å². The molecule has 0 spiro atoms. The molecule has 7 nitrogen and oxygen atoms in total. The topological polar surface area (TPSA) is 112 Å². The van der Waals surface area contributed by atoms with Gasteiger partial charge in [0.25, 0.3) is 11.7 Å². The monoisotopic (exact) mass is 369 g/mol. The number of carboxylic acid groups (broad SMARTS) is 2. The predicted octanol–water partition coefficient (Wildman–Crippen LogP) is 3.02. The van der Waals surface area contributed by atoms with E-state index in [1.807, 2.05) is 19.9 Å². The summed E-state index contributed by atoms with van der Waals surface area (Å²) < 4.78 is 0. The maximum Gasteiger partial charge on any atom is 0.335 e. The highest BCUT2D eigenvalue weighted by atomic mass is 16.4. The van der Waals surface area contributed by atoms with Crippen LogP contribution in [0.5, 0.6) is 0 Å². The lowest BCUT2D eigenvalue weighted by molar-refractivity contribution is -0.114. The van der Waals surface area contributed by atoms with Crippen LogP contribution in [0.3, 0.4) is 0 Å². The summed E-state index contributed by atoms with van der Waals surface area (Å²) >= 11 is 0. The summed E-state index contributed by atoms with van der Waals surface area (Å²) in [7, 11) is 0. The number of hydrogen-bond acceptors (Lipinski definition) is 4. The van der Waals surface area contributed by atoms with E-state index in [0.717, 1.165) is 11.8 Å². The summed E-state index contributed by atoms with van der Waals surface area (Å²) in [5.41, 5.74) is 1.87. The molecular weight excluding hydrogens is 350 g/mol. The molecule has 27 heavy (non-hydrogen) atoms. The van der Waals surface area contributed by atoms with E-state index in [0.29, 0.717) is 11.1 Å². The van der Waals surface area contributed by atoms with Gasteiger partial charge < -0.3 is 15.1 Å². The minimum atomic E-state index is -1.12. The molecule has 2 aromatic carbocycles. The Balaban J connectivity index is 0.000000194. The molecule has 3 rings (SSSR count). The fraction of sp³-hybridized carbons (Fsp3) is 0.200. The largest absolute Gasteiger partial charge is 0.478 e. The quantitative estimate of drug-likeness (QED) is 0.805. The Bertz CT molecular complexity index is 900. The smallest absolute Gasteiger partial charge is 0.335 e. The Hall–Kier alpha value is -3.48. The Kier molecular flexibility index (Phi) is 5.75. The number of carbonyl (C=O) groups is 4. The van der Waals surface area contributed by atoms with Crippen molar-refractivity contribution in [3.05, 3.63) is 64.7 Å². The number of fused-ring (bicyclic) bond motifs is 1. The van der Waals surface area contributed by atoms with E-state index in [-0.39, 0.29) is 17.2 Å². The third-order valence-electron chi connectivity index (χ3n) is 3.91. The molecule has 2 N–H and O–H groups in total. The number of ketones is 1. The Morgan fingerprint density at radius 3 is 1.93 bits per heavy atom. The van der Waals surface area contributed by atoms with Crippen LogP contribution in [0.1, 0.15) is 50.5 Å². The second-order valence-corrected chi connectivity index (χ2v) is 6.31. The maximum absolute atomic E-state index is 11.6. The normalized spacial score (nSPS) is 12.5. The number of hydrogen-bond donors (Lipinski definition) is 2. The highest BCUT2D eigenvalue weighted by Gasteiger charge is 2.36. The number of carboxylic acids is 2. The first-order chi connectivity index (χ1) is 12.6. The molecule has 0 saturated heterocycles. The molecule has 2 aromatic rings. The first kappa shape index (κ1) is 19.8. The SMILES string of the molecule is CC(C)N1C(=O)C(=O)c2ccccc21.Cc1cc(C(=O)O)cc(C(=O)O)c1. The number of Topliss-reactive ketones (excluding diaryl/α,β-unsaturated/α-hetero) is 1. The van der Waals surface area contributed by atoms with Crippen LogP contribution in [0, 0.1) is 6.92 Å². The van der Waals surface area contributed by atoms with Gasteiger partial charge in [-0.1, -0.05) is 12.1 Å². The van der Waals surface area contributed by atoms with Gasteiger partial charge in [-0.05, 0) is 56.7 Å². The second-order valence-electron chi connectivity index (χ2n) is 6.31. The number of aryl methyl sites for hydroxylation is 1. The molecular formula is C20H19NO6.